The van der Waals surface area contributed by atoms with Gasteiger partial charge in [0.1, 0.15) is 0 Å². The number of nitrogens with zero attached hydrogens (tertiary/aromatic N) is 1. The molecule has 0 aliphatic carbocycles. The van der Waals surface area contributed by atoms with Crippen LogP contribution in [-0.2, 0) is 6.18 Å². The second-order valence-electron chi connectivity index (χ2n) is 3.40. The zero-order valence-electron chi connectivity index (χ0n) is 8.32. The molecule has 0 radical (unpaired) electrons. The van der Waals surface area contributed by atoms with Crippen molar-refractivity contribution in [1.29, 1.82) is 0 Å². The molecule has 2 aromatic rings. The Morgan fingerprint density at radius 1 is 1.24 bits per heavy atom. The maximum Gasteiger partial charge on any atom is 0.416 e. The average Bonchev–Trinajstić information content (AvgIpc) is 2.26. The Hall–Kier alpha value is -2.11. The molecule has 0 saturated heterocycles. The van der Waals surface area contributed by atoms with Gasteiger partial charge in [-0.2, -0.15) is 13.2 Å². The van der Waals surface area contributed by atoms with Crippen LogP contribution in [0.5, 0.6) is 0 Å². The summed E-state index contributed by atoms with van der Waals surface area (Å²) in [6.45, 7) is 0. The molecule has 0 spiro atoms. The first-order valence-electron chi connectivity index (χ1n) is 4.59. The second-order valence-corrected chi connectivity index (χ2v) is 3.40. The summed E-state index contributed by atoms with van der Waals surface area (Å²) in [7, 11) is 0. The molecular formula is C11H6F3NO2. The summed E-state index contributed by atoms with van der Waals surface area (Å²) < 4.78 is 37.3. The molecule has 0 atom stereocenters. The molecule has 6 heteroatoms. The van der Waals surface area contributed by atoms with Crippen LogP contribution in [0.2, 0.25) is 0 Å². The largest absolute Gasteiger partial charge is 0.476 e. The van der Waals surface area contributed by atoms with Crippen LogP contribution in [0.4, 0.5) is 13.2 Å². The van der Waals surface area contributed by atoms with Gasteiger partial charge >= 0.3 is 12.1 Å². The van der Waals surface area contributed by atoms with Crippen molar-refractivity contribution >= 4 is 16.7 Å². The Morgan fingerprint density at radius 2 is 1.94 bits per heavy atom. The number of hydrogen-bond acceptors (Lipinski definition) is 2. The molecule has 0 unspecified atom stereocenters. The van der Waals surface area contributed by atoms with Gasteiger partial charge < -0.3 is 5.11 Å². The van der Waals surface area contributed by atoms with E-state index in [4.69, 9.17) is 5.11 Å². The first-order valence-corrected chi connectivity index (χ1v) is 4.59. The molecule has 17 heavy (non-hydrogen) atoms. The van der Waals surface area contributed by atoms with Crippen LogP contribution in [0.1, 0.15) is 16.1 Å². The molecule has 0 aliphatic rings. The topological polar surface area (TPSA) is 50.2 Å². The Labute approximate surface area is 93.5 Å². The molecule has 0 aliphatic heterocycles. The van der Waals surface area contributed by atoms with E-state index in [2.05, 4.69) is 4.98 Å². The highest BCUT2D eigenvalue weighted by Gasteiger charge is 2.30. The normalized spacial score (nSPS) is 11.7. The van der Waals surface area contributed by atoms with Gasteiger partial charge in [0.25, 0.3) is 0 Å². The van der Waals surface area contributed by atoms with Gasteiger partial charge in [-0.3, -0.25) is 0 Å². The number of benzene rings is 1. The molecule has 1 aromatic carbocycles. The van der Waals surface area contributed by atoms with Crippen LogP contribution in [0.15, 0.2) is 30.5 Å². The van der Waals surface area contributed by atoms with Crippen LogP contribution in [0, 0.1) is 0 Å². The summed E-state index contributed by atoms with van der Waals surface area (Å²) in [5.74, 6) is -1.27. The Bertz CT molecular complexity index is 593. The molecule has 0 bridgehead atoms. The molecule has 88 valence electrons. The summed E-state index contributed by atoms with van der Waals surface area (Å²) in [5.41, 5.74) is -1.07. The van der Waals surface area contributed by atoms with E-state index in [1.807, 2.05) is 0 Å². The summed E-state index contributed by atoms with van der Waals surface area (Å²) in [6, 6.07) is 4.21. The number of hydrogen-bond donors (Lipinski definition) is 1. The number of fused-ring (bicyclic) bond motifs is 1. The van der Waals surface area contributed by atoms with Crippen LogP contribution in [0.3, 0.4) is 0 Å². The fourth-order valence-corrected chi connectivity index (χ4v) is 1.52. The lowest BCUT2D eigenvalue weighted by Gasteiger charge is -2.08. The lowest BCUT2D eigenvalue weighted by Crippen LogP contribution is -2.06. The molecule has 0 fully saturated rings. The second kappa shape index (κ2) is 3.73. The van der Waals surface area contributed by atoms with Crippen molar-refractivity contribution in [2.45, 2.75) is 6.18 Å². The summed E-state index contributed by atoms with van der Waals surface area (Å²) in [5, 5.41) is 9.22. The Balaban J connectivity index is 2.69. The van der Waals surface area contributed by atoms with E-state index in [0.29, 0.717) is 0 Å². The number of alkyl halides is 3. The number of aromatic nitrogens is 1. The summed E-state index contributed by atoms with van der Waals surface area (Å²) in [4.78, 5) is 14.4. The molecule has 0 saturated carbocycles. The SMILES string of the molecule is O=C(O)c1nccc2cc(C(F)(F)F)ccc12. The van der Waals surface area contributed by atoms with E-state index < -0.39 is 17.7 Å². The smallest absolute Gasteiger partial charge is 0.416 e. The van der Waals surface area contributed by atoms with Crippen molar-refractivity contribution in [1.82, 2.24) is 4.98 Å². The van der Waals surface area contributed by atoms with Crippen LogP contribution < -0.4 is 0 Å². The highest BCUT2D eigenvalue weighted by molar-refractivity contribution is 6.01. The van der Waals surface area contributed by atoms with Crippen LogP contribution in [-0.4, -0.2) is 16.1 Å². The number of pyridine rings is 1. The van der Waals surface area contributed by atoms with Gasteiger partial charge in [-0.05, 0) is 23.6 Å². The van der Waals surface area contributed by atoms with Gasteiger partial charge in [-0.25, -0.2) is 9.78 Å². The van der Waals surface area contributed by atoms with Gasteiger partial charge in [0, 0.05) is 11.6 Å². The third-order valence-electron chi connectivity index (χ3n) is 2.29. The number of carboxylic acid groups (broad SMARTS) is 1. The standard InChI is InChI=1S/C11H6F3NO2/c12-11(13,14)7-1-2-8-6(5-7)3-4-15-9(8)10(16)17/h1-5H,(H,16,17). The summed E-state index contributed by atoms with van der Waals surface area (Å²) in [6.07, 6.45) is -3.27. The van der Waals surface area contributed by atoms with Gasteiger partial charge in [-0.1, -0.05) is 6.07 Å². The summed E-state index contributed by atoms with van der Waals surface area (Å²) >= 11 is 0. The van der Waals surface area contributed by atoms with E-state index in [-0.39, 0.29) is 16.5 Å². The molecule has 1 heterocycles. The molecule has 1 N–H and O–H groups in total. The quantitative estimate of drug-likeness (QED) is 0.835. The first-order chi connectivity index (χ1) is 7.89. The minimum Gasteiger partial charge on any atom is -0.476 e. The highest BCUT2D eigenvalue weighted by Crippen LogP contribution is 2.31. The number of halogens is 3. The third-order valence-corrected chi connectivity index (χ3v) is 2.29. The average molecular weight is 241 g/mol. The van der Waals surface area contributed by atoms with Crippen molar-refractivity contribution in [2.24, 2.45) is 0 Å². The first kappa shape index (κ1) is 11.4. The highest BCUT2D eigenvalue weighted by atomic mass is 19.4. The van der Waals surface area contributed by atoms with Crippen LogP contribution >= 0.6 is 0 Å². The van der Waals surface area contributed by atoms with E-state index in [0.717, 1.165) is 18.2 Å². The van der Waals surface area contributed by atoms with E-state index >= 15 is 0 Å². The number of carboxylic acids is 1. The Morgan fingerprint density at radius 3 is 2.53 bits per heavy atom. The molecule has 0 amide bonds. The minimum absolute atomic E-state index is 0.188. The van der Waals surface area contributed by atoms with Gasteiger partial charge in [0.15, 0.2) is 5.69 Å². The zero-order chi connectivity index (χ0) is 12.6. The number of aromatic carboxylic acids is 1. The predicted octanol–water partition coefficient (Wildman–Crippen LogP) is 2.95. The van der Waals surface area contributed by atoms with E-state index in [1.54, 1.807) is 0 Å². The minimum atomic E-state index is -4.44. The lowest BCUT2D eigenvalue weighted by atomic mass is 10.1. The zero-order valence-corrected chi connectivity index (χ0v) is 8.32. The fraction of sp³-hybridized carbons (Fsp3) is 0.0909. The maximum absolute atomic E-state index is 12.4. The number of rotatable bonds is 1. The molecule has 3 nitrogen and oxygen atoms in total. The van der Waals surface area contributed by atoms with Crippen molar-refractivity contribution in [2.75, 3.05) is 0 Å². The molecule has 1 aromatic heterocycles. The van der Waals surface area contributed by atoms with Gasteiger partial charge in [-0.15, -0.1) is 0 Å². The lowest BCUT2D eigenvalue weighted by molar-refractivity contribution is -0.137. The molecule has 2 rings (SSSR count). The Kier molecular flexibility index (Phi) is 2.49. The van der Waals surface area contributed by atoms with Crippen molar-refractivity contribution < 1.29 is 23.1 Å². The van der Waals surface area contributed by atoms with Crippen molar-refractivity contribution in [3.63, 3.8) is 0 Å². The maximum atomic E-state index is 12.4. The van der Waals surface area contributed by atoms with Crippen LogP contribution in [0.25, 0.3) is 10.8 Å². The van der Waals surface area contributed by atoms with E-state index in [9.17, 15) is 18.0 Å². The number of carbonyl (C=O) groups is 1. The van der Waals surface area contributed by atoms with Crippen molar-refractivity contribution in [3.05, 3.63) is 41.7 Å². The van der Waals surface area contributed by atoms with Gasteiger partial charge in [0.05, 0.1) is 5.56 Å². The fourth-order valence-electron chi connectivity index (χ4n) is 1.52. The van der Waals surface area contributed by atoms with Crippen molar-refractivity contribution in [3.8, 4) is 0 Å². The monoisotopic (exact) mass is 241 g/mol. The predicted molar refractivity (Wildman–Crippen MR) is 53.7 cm³/mol. The van der Waals surface area contributed by atoms with Gasteiger partial charge in [0.2, 0.25) is 0 Å². The molecular weight excluding hydrogens is 235 g/mol. The third kappa shape index (κ3) is 2.06. The van der Waals surface area contributed by atoms with E-state index in [1.165, 1.54) is 12.3 Å².